The van der Waals surface area contributed by atoms with E-state index in [4.69, 9.17) is 10.6 Å². The number of aromatic nitrogens is 1. The molecule has 7 nitrogen and oxygen atoms in total. The van der Waals surface area contributed by atoms with Crippen molar-refractivity contribution >= 4 is 17.9 Å². The monoisotopic (exact) mass is 383 g/mol. The summed E-state index contributed by atoms with van der Waals surface area (Å²) in [6, 6.07) is 10.1. The van der Waals surface area contributed by atoms with Crippen molar-refractivity contribution < 1.29 is 32.2 Å². The number of ether oxygens (including phenoxy) is 2. The minimum Gasteiger partial charge on any atom is -0.461 e. The highest BCUT2D eigenvalue weighted by atomic mass is 19.4. The van der Waals surface area contributed by atoms with Crippen molar-refractivity contribution in [3.05, 3.63) is 59.3 Å². The van der Waals surface area contributed by atoms with E-state index >= 15 is 0 Å². The second-order valence-electron chi connectivity index (χ2n) is 5.19. The molecule has 144 valence electrons. The molecule has 27 heavy (non-hydrogen) atoms. The lowest BCUT2D eigenvalue weighted by molar-refractivity contribution is -0.138. The van der Waals surface area contributed by atoms with Crippen LogP contribution in [0.25, 0.3) is 0 Å². The fourth-order valence-corrected chi connectivity index (χ4v) is 2.05. The van der Waals surface area contributed by atoms with E-state index in [2.05, 4.69) is 9.72 Å². The SMILES string of the molecule is CCOC(=O)c1nc(N(N)C(=O)OCc2ccccc2)ccc1C(F)(F)F. The summed E-state index contributed by atoms with van der Waals surface area (Å²) >= 11 is 0. The zero-order chi connectivity index (χ0) is 20.0. The fourth-order valence-electron chi connectivity index (χ4n) is 2.05. The molecule has 0 spiro atoms. The average Bonchev–Trinajstić information content (AvgIpc) is 2.65. The third-order valence-electron chi connectivity index (χ3n) is 3.30. The second-order valence-corrected chi connectivity index (χ2v) is 5.19. The Balaban J connectivity index is 2.22. The summed E-state index contributed by atoms with van der Waals surface area (Å²) in [6.07, 6.45) is -5.89. The summed E-state index contributed by atoms with van der Waals surface area (Å²) in [6.45, 7) is 1.19. The zero-order valence-corrected chi connectivity index (χ0v) is 14.2. The molecule has 1 amide bonds. The number of hydrazine groups is 1. The first-order chi connectivity index (χ1) is 12.7. The molecule has 1 aromatic heterocycles. The molecule has 0 unspecified atom stereocenters. The molecule has 0 radical (unpaired) electrons. The first kappa shape index (κ1) is 20.2. The molecule has 0 aliphatic carbocycles. The molecule has 0 saturated carbocycles. The number of benzene rings is 1. The predicted molar refractivity (Wildman–Crippen MR) is 88.5 cm³/mol. The summed E-state index contributed by atoms with van der Waals surface area (Å²) < 4.78 is 48.8. The molecule has 0 aliphatic rings. The van der Waals surface area contributed by atoms with Crippen molar-refractivity contribution in [2.24, 2.45) is 5.84 Å². The van der Waals surface area contributed by atoms with Gasteiger partial charge < -0.3 is 9.47 Å². The molecule has 1 heterocycles. The Morgan fingerprint density at radius 1 is 1.11 bits per heavy atom. The van der Waals surface area contributed by atoms with Gasteiger partial charge in [0, 0.05) is 0 Å². The third kappa shape index (κ3) is 5.17. The summed E-state index contributed by atoms with van der Waals surface area (Å²) in [5.74, 6) is 3.89. The molecule has 2 rings (SSSR count). The number of hydrogen-bond acceptors (Lipinski definition) is 6. The second kappa shape index (κ2) is 8.49. The summed E-state index contributed by atoms with van der Waals surface area (Å²) in [7, 11) is 0. The number of alkyl halides is 3. The summed E-state index contributed by atoms with van der Waals surface area (Å²) in [5.41, 5.74) is -1.60. The van der Waals surface area contributed by atoms with Gasteiger partial charge in [-0.3, -0.25) is 0 Å². The molecule has 0 atom stereocenters. The number of carbonyl (C=O) groups excluding carboxylic acids is 2. The van der Waals surface area contributed by atoms with Crippen LogP contribution in [-0.2, 0) is 22.3 Å². The zero-order valence-electron chi connectivity index (χ0n) is 14.2. The van der Waals surface area contributed by atoms with Gasteiger partial charge in [0.15, 0.2) is 11.5 Å². The number of hydrogen-bond donors (Lipinski definition) is 1. The Hall–Kier alpha value is -3.14. The highest BCUT2D eigenvalue weighted by Crippen LogP contribution is 2.32. The number of halogens is 3. The van der Waals surface area contributed by atoms with Crippen molar-refractivity contribution in [2.45, 2.75) is 19.7 Å². The molecule has 1 aromatic carbocycles. The maximum atomic E-state index is 13.1. The highest BCUT2D eigenvalue weighted by Gasteiger charge is 2.37. The largest absolute Gasteiger partial charge is 0.461 e. The van der Waals surface area contributed by atoms with E-state index < -0.39 is 35.3 Å². The number of nitrogens with two attached hydrogens (primary N) is 1. The van der Waals surface area contributed by atoms with E-state index in [1.165, 1.54) is 6.92 Å². The van der Waals surface area contributed by atoms with Crippen LogP contribution in [-0.4, -0.2) is 23.7 Å². The molecule has 0 bridgehead atoms. The minimum absolute atomic E-state index is 0.0985. The Morgan fingerprint density at radius 2 is 1.78 bits per heavy atom. The van der Waals surface area contributed by atoms with Crippen molar-refractivity contribution in [3.8, 4) is 0 Å². The van der Waals surface area contributed by atoms with Gasteiger partial charge in [0.25, 0.3) is 0 Å². The van der Waals surface area contributed by atoms with E-state index in [1.807, 2.05) is 0 Å². The molecule has 2 N–H and O–H groups in total. The number of esters is 1. The fraction of sp³-hybridized carbons (Fsp3) is 0.235. The number of anilines is 1. The van der Waals surface area contributed by atoms with Crippen LogP contribution in [0.2, 0.25) is 0 Å². The van der Waals surface area contributed by atoms with E-state index in [0.717, 1.165) is 6.07 Å². The van der Waals surface area contributed by atoms with Gasteiger partial charge in [0.1, 0.15) is 6.61 Å². The number of nitrogens with zero attached hydrogens (tertiary/aromatic N) is 2. The number of pyridine rings is 1. The lowest BCUT2D eigenvalue weighted by Crippen LogP contribution is -2.39. The van der Waals surface area contributed by atoms with Crippen LogP contribution in [0, 0.1) is 0 Å². The Labute approximate surface area is 152 Å². The van der Waals surface area contributed by atoms with Gasteiger partial charge in [0.05, 0.1) is 12.2 Å². The van der Waals surface area contributed by atoms with Crippen LogP contribution in [0.1, 0.15) is 28.5 Å². The first-order valence-corrected chi connectivity index (χ1v) is 7.75. The minimum atomic E-state index is -4.83. The van der Waals surface area contributed by atoms with Crippen molar-refractivity contribution in [1.82, 2.24) is 4.98 Å². The molecular formula is C17H16F3N3O4. The van der Waals surface area contributed by atoms with E-state index in [9.17, 15) is 22.8 Å². The molecule has 2 aromatic rings. The van der Waals surface area contributed by atoms with Crippen LogP contribution in [0.3, 0.4) is 0 Å². The van der Waals surface area contributed by atoms with Gasteiger partial charge in [0.2, 0.25) is 0 Å². The van der Waals surface area contributed by atoms with E-state index in [0.29, 0.717) is 16.6 Å². The van der Waals surface area contributed by atoms with Crippen LogP contribution < -0.4 is 10.9 Å². The highest BCUT2D eigenvalue weighted by molar-refractivity contribution is 5.91. The van der Waals surface area contributed by atoms with Crippen molar-refractivity contribution in [3.63, 3.8) is 0 Å². The number of carbonyl (C=O) groups is 2. The van der Waals surface area contributed by atoms with Gasteiger partial charge in [-0.1, -0.05) is 30.3 Å². The Kier molecular flexibility index (Phi) is 6.35. The van der Waals surface area contributed by atoms with Gasteiger partial charge in [-0.05, 0) is 24.6 Å². The lowest BCUT2D eigenvalue weighted by atomic mass is 10.2. The topological polar surface area (TPSA) is 94.8 Å². The van der Waals surface area contributed by atoms with Crippen LogP contribution in [0.15, 0.2) is 42.5 Å². The average molecular weight is 383 g/mol. The van der Waals surface area contributed by atoms with Crippen molar-refractivity contribution in [1.29, 1.82) is 0 Å². The quantitative estimate of drug-likeness (QED) is 0.368. The summed E-state index contributed by atoms with van der Waals surface area (Å²) in [5, 5.41) is 0.409. The van der Waals surface area contributed by atoms with Crippen LogP contribution in [0.5, 0.6) is 0 Å². The number of rotatable bonds is 5. The Morgan fingerprint density at radius 3 is 2.37 bits per heavy atom. The normalized spacial score (nSPS) is 11.0. The maximum Gasteiger partial charge on any atom is 0.430 e. The molecule has 0 saturated heterocycles. The standard InChI is InChI=1S/C17H16F3N3O4/c1-2-26-15(24)14-12(17(18,19)20)8-9-13(22-14)23(21)16(25)27-10-11-6-4-3-5-7-11/h3-9H,2,10,21H2,1H3. The predicted octanol–water partition coefficient (Wildman–Crippen LogP) is 3.29. The molecular weight excluding hydrogens is 367 g/mol. The van der Waals surface area contributed by atoms with Gasteiger partial charge in [-0.2, -0.15) is 18.2 Å². The smallest absolute Gasteiger partial charge is 0.430 e. The van der Waals surface area contributed by atoms with Gasteiger partial charge >= 0.3 is 18.2 Å². The number of amides is 1. The molecule has 10 heteroatoms. The maximum absolute atomic E-state index is 13.1. The third-order valence-corrected chi connectivity index (χ3v) is 3.30. The lowest BCUT2D eigenvalue weighted by Gasteiger charge is -2.18. The molecule has 0 aliphatic heterocycles. The van der Waals surface area contributed by atoms with Gasteiger partial charge in [-0.15, -0.1) is 0 Å². The van der Waals surface area contributed by atoms with E-state index in [-0.39, 0.29) is 13.2 Å². The van der Waals surface area contributed by atoms with E-state index in [1.54, 1.807) is 30.3 Å². The van der Waals surface area contributed by atoms with Crippen molar-refractivity contribution in [2.75, 3.05) is 11.6 Å². The first-order valence-electron chi connectivity index (χ1n) is 7.75. The van der Waals surface area contributed by atoms with Crippen LogP contribution >= 0.6 is 0 Å². The van der Waals surface area contributed by atoms with Gasteiger partial charge in [-0.25, -0.2) is 20.4 Å². The molecule has 0 fully saturated rings. The Bertz CT molecular complexity index is 813. The summed E-state index contributed by atoms with van der Waals surface area (Å²) in [4.78, 5) is 27.4. The van der Waals surface area contributed by atoms with Crippen LogP contribution in [0.4, 0.5) is 23.8 Å².